The van der Waals surface area contributed by atoms with Crippen LogP contribution < -0.4 is 0 Å². The fourth-order valence-corrected chi connectivity index (χ4v) is 3.60. The highest BCUT2D eigenvalue weighted by atomic mass is 32.2. The molecule has 5 nitrogen and oxygen atoms in total. The van der Waals surface area contributed by atoms with Gasteiger partial charge in [0.15, 0.2) is 0 Å². The Morgan fingerprint density at radius 3 is 2.76 bits per heavy atom. The van der Waals surface area contributed by atoms with Crippen molar-refractivity contribution < 1.29 is 8.42 Å². The van der Waals surface area contributed by atoms with Crippen LogP contribution in [0, 0.1) is 25.2 Å². The number of hydrogen-bond acceptors (Lipinski definition) is 4. The van der Waals surface area contributed by atoms with Crippen LogP contribution in [0.2, 0.25) is 0 Å². The Labute approximate surface area is 124 Å². The molecule has 0 bridgehead atoms. The molecule has 2 aromatic rings. The summed E-state index contributed by atoms with van der Waals surface area (Å²) in [6.45, 7) is 3.93. The Balaban J connectivity index is 2.41. The minimum atomic E-state index is -3.49. The van der Waals surface area contributed by atoms with Crippen molar-refractivity contribution in [2.24, 2.45) is 0 Å². The molecule has 1 aromatic carbocycles. The lowest BCUT2D eigenvalue weighted by Crippen LogP contribution is -2.13. The number of rotatable bonds is 5. The summed E-state index contributed by atoms with van der Waals surface area (Å²) in [6, 6.07) is 7.79. The molecule has 0 fully saturated rings. The van der Waals surface area contributed by atoms with E-state index in [9.17, 15) is 8.42 Å². The molecule has 21 heavy (non-hydrogen) atoms. The van der Waals surface area contributed by atoms with Crippen molar-refractivity contribution in [3.05, 3.63) is 41.7 Å². The van der Waals surface area contributed by atoms with E-state index >= 15 is 0 Å². The normalized spacial score (nSPS) is 11.3. The number of nitriles is 1. The van der Waals surface area contributed by atoms with Crippen molar-refractivity contribution in [1.82, 2.24) is 9.55 Å². The fraction of sp³-hybridized carbons (Fsp3) is 0.333. The molecular formula is C15H17N3O2S. The number of aryl methyl sites for hydroxylation is 2. The minimum absolute atomic E-state index is 0.0346. The number of imidazole rings is 1. The van der Waals surface area contributed by atoms with Gasteiger partial charge in [-0.25, -0.2) is 13.4 Å². The molecular weight excluding hydrogens is 286 g/mol. The third-order valence-corrected chi connectivity index (χ3v) is 4.88. The summed E-state index contributed by atoms with van der Waals surface area (Å²) in [4.78, 5) is 4.00. The number of aromatic nitrogens is 2. The van der Waals surface area contributed by atoms with Crippen LogP contribution in [0.3, 0.4) is 0 Å². The number of unbranched alkanes of at least 4 members (excludes halogenated alkanes) is 1. The molecule has 0 aliphatic carbocycles. The largest absolute Gasteiger partial charge is 0.290 e. The highest BCUT2D eigenvalue weighted by Gasteiger charge is 2.21. The summed E-state index contributed by atoms with van der Waals surface area (Å²) < 4.78 is 26.3. The van der Waals surface area contributed by atoms with Crippen LogP contribution in [0.4, 0.5) is 0 Å². The molecule has 1 aromatic heterocycles. The van der Waals surface area contributed by atoms with Crippen molar-refractivity contribution in [2.45, 2.75) is 31.8 Å². The monoisotopic (exact) mass is 303 g/mol. The SMILES string of the molecule is Cc1ccc(-n2ccnc2S(=O)(=O)CCCC#N)c(C)c1. The van der Waals surface area contributed by atoms with Gasteiger partial charge in [-0.3, -0.25) is 4.57 Å². The second kappa shape index (κ2) is 6.10. The van der Waals surface area contributed by atoms with E-state index in [2.05, 4.69) is 4.98 Å². The van der Waals surface area contributed by atoms with Gasteiger partial charge in [-0.1, -0.05) is 17.7 Å². The Morgan fingerprint density at radius 2 is 2.10 bits per heavy atom. The molecule has 0 atom stereocenters. The average molecular weight is 303 g/mol. The van der Waals surface area contributed by atoms with Crippen molar-refractivity contribution in [2.75, 3.05) is 5.75 Å². The maximum atomic E-state index is 12.3. The van der Waals surface area contributed by atoms with Crippen molar-refractivity contribution in [3.8, 4) is 11.8 Å². The van der Waals surface area contributed by atoms with Crippen molar-refractivity contribution in [1.29, 1.82) is 5.26 Å². The first kappa shape index (κ1) is 15.3. The van der Waals surface area contributed by atoms with Crippen LogP contribution in [0.5, 0.6) is 0 Å². The lowest BCUT2D eigenvalue weighted by Gasteiger charge is -2.11. The maximum Gasteiger partial charge on any atom is 0.232 e. The molecule has 0 aliphatic heterocycles. The topological polar surface area (TPSA) is 75.8 Å². The van der Waals surface area contributed by atoms with Gasteiger partial charge in [-0.15, -0.1) is 0 Å². The zero-order valence-corrected chi connectivity index (χ0v) is 12.9. The van der Waals surface area contributed by atoms with Gasteiger partial charge < -0.3 is 0 Å². The maximum absolute atomic E-state index is 12.3. The summed E-state index contributed by atoms with van der Waals surface area (Å²) in [5.41, 5.74) is 2.91. The number of sulfone groups is 1. The Hall–Kier alpha value is -2.13. The second-order valence-electron chi connectivity index (χ2n) is 4.95. The quantitative estimate of drug-likeness (QED) is 0.795. The van der Waals surface area contributed by atoms with E-state index in [0.717, 1.165) is 16.8 Å². The number of nitrogens with zero attached hydrogens (tertiary/aromatic N) is 3. The van der Waals surface area contributed by atoms with E-state index in [1.54, 1.807) is 10.8 Å². The van der Waals surface area contributed by atoms with E-state index in [1.165, 1.54) is 6.20 Å². The molecule has 0 unspecified atom stereocenters. The summed E-state index contributed by atoms with van der Waals surface area (Å²) in [7, 11) is -3.49. The lowest BCUT2D eigenvalue weighted by molar-refractivity contribution is 0.582. The molecule has 0 spiro atoms. The first-order valence-electron chi connectivity index (χ1n) is 6.66. The van der Waals surface area contributed by atoms with E-state index < -0.39 is 9.84 Å². The highest BCUT2D eigenvalue weighted by molar-refractivity contribution is 7.91. The van der Waals surface area contributed by atoms with Crippen LogP contribution in [-0.4, -0.2) is 23.7 Å². The van der Waals surface area contributed by atoms with E-state index in [4.69, 9.17) is 5.26 Å². The third kappa shape index (κ3) is 3.31. The first-order chi connectivity index (χ1) is 9.95. The Morgan fingerprint density at radius 1 is 1.33 bits per heavy atom. The Bertz CT molecular complexity index is 785. The predicted octanol–water partition coefficient (Wildman–Crippen LogP) is 2.57. The van der Waals surface area contributed by atoms with E-state index in [0.29, 0.717) is 6.42 Å². The molecule has 0 radical (unpaired) electrons. The third-order valence-electron chi connectivity index (χ3n) is 3.20. The molecule has 0 saturated carbocycles. The van der Waals surface area contributed by atoms with Crippen LogP contribution >= 0.6 is 0 Å². The first-order valence-corrected chi connectivity index (χ1v) is 8.31. The molecule has 6 heteroatoms. The second-order valence-corrected chi connectivity index (χ2v) is 6.95. The van der Waals surface area contributed by atoms with E-state index in [-0.39, 0.29) is 17.3 Å². The summed E-state index contributed by atoms with van der Waals surface area (Å²) in [5.74, 6) is -0.0670. The van der Waals surface area contributed by atoms with E-state index in [1.807, 2.05) is 38.1 Å². The minimum Gasteiger partial charge on any atom is -0.290 e. The molecule has 0 saturated heterocycles. The highest BCUT2D eigenvalue weighted by Crippen LogP contribution is 2.20. The zero-order chi connectivity index (χ0) is 15.5. The molecule has 0 N–H and O–H groups in total. The average Bonchev–Trinajstić information content (AvgIpc) is 2.88. The fourth-order valence-electron chi connectivity index (χ4n) is 2.21. The molecule has 2 rings (SSSR count). The molecule has 1 heterocycles. The van der Waals surface area contributed by atoms with Crippen LogP contribution in [-0.2, 0) is 9.84 Å². The lowest BCUT2D eigenvalue weighted by atomic mass is 10.1. The number of benzene rings is 1. The zero-order valence-electron chi connectivity index (χ0n) is 12.1. The Kier molecular flexibility index (Phi) is 4.43. The summed E-state index contributed by atoms with van der Waals surface area (Å²) in [5, 5.41) is 8.56. The molecule has 110 valence electrons. The van der Waals surface area contributed by atoms with Crippen molar-refractivity contribution >= 4 is 9.84 Å². The summed E-state index contributed by atoms with van der Waals surface area (Å²) >= 11 is 0. The summed E-state index contributed by atoms with van der Waals surface area (Å²) in [6.07, 6.45) is 3.67. The molecule has 0 aliphatic rings. The van der Waals surface area contributed by atoms with Gasteiger partial charge in [-0.05, 0) is 31.9 Å². The standard InChI is InChI=1S/C15H17N3O2S/c1-12-5-6-14(13(2)11-12)18-9-8-17-15(18)21(19,20)10-4-3-7-16/h5-6,8-9,11H,3-4,10H2,1-2H3. The van der Waals surface area contributed by atoms with Gasteiger partial charge in [0.25, 0.3) is 0 Å². The smallest absolute Gasteiger partial charge is 0.232 e. The van der Waals surface area contributed by atoms with Gasteiger partial charge in [0.2, 0.25) is 15.0 Å². The van der Waals surface area contributed by atoms with Gasteiger partial charge >= 0.3 is 0 Å². The van der Waals surface area contributed by atoms with Gasteiger partial charge in [0.05, 0.1) is 17.5 Å². The predicted molar refractivity (Wildman–Crippen MR) is 79.9 cm³/mol. The van der Waals surface area contributed by atoms with Crippen LogP contribution in [0.25, 0.3) is 5.69 Å². The number of hydrogen-bond donors (Lipinski definition) is 0. The van der Waals surface area contributed by atoms with Crippen LogP contribution in [0.15, 0.2) is 35.7 Å². The van der Waals surface area contributed by atoms with Gasteiger partial charge in [0.1, 0.15) is 0 Å². The van der Waals surface area contributed by atoms with Gasteiger partial charge in [0, 0.05) is 18.8 Å². The van der Waals surface area contributed by atoms with Gasteiger partial charge in [-0.2, -0.15) is 5.26 Å². The van der Waals surface area contributed by atoms with Crippen LogP contribution in [0.1, 0.15) is 24.0 Å². The van der Waals surface area contributed by atoms with Crippen molar-refractivity contribution in [3.63, 3.8) is 0 Å². The molecule has 0 amide bonds.